The lowest BCUT2D eigenvalue weighted by atomic mass is 9.96. The molecule has 1 saturated heterocycles. The van der Waals surface area contributed by atoms with Gasteiger partial charge in [0.2, 0.25) is 5.91 Å². The van der Waals surface area contributed by atoms with Crippen LogP contribution in [0.2, 0.25) is 0 Å². The van der Waals surface area contributed by atoms with Crippen LogP contribution < -0.4 is 5.32 Å². The van der Waals surface area contributed by atoms with E-state index in [1.807, 2.05) is 67.6 Å². The number of rotatable bonds is 5. The van der Waals surface area contributed by atoms with Crippen LogP contribution in [0.1, 0.15) is 24.2 Å². The summed E-state index contributed by atoms with van der Waals surface area (Å²) in [7, 11) is 0. The monoisotopic (exact) mass is 426 g/mol. The second-order valence-corrected chi connectivity index (χ2v) is 8.36. The number of piperidine rings is 1. The molecule has 1 fully saturated rings. The molecule has 3 heterocycles. The maximum absolute atomic E-state index is 12.9. The molecule has 2 aromatic heterocycles. The van der Waals surface area contributed by atoms with E-state index in [9.17, 15) is 4.79 Å². The number of carbonyl (C=O) groups excluding carboxylic acids is 1. The molecule has 6 nitrogen and oxygen atoms in total. The van der Waals surface area contributed by atoms with Gasteiger partial charge >= 0.3 is 0 Å². The van der Waals surface area contributed by atoms with Gasteiger partial charge in [0.1, 0.15) is 5.76 Å². The van der Waals surface area contributed by atoms with E-state index in [0.29, 0.717) is 6.54 Å². The summed E-state index contributed by atoms with van der Waals surface area (Å²) in [5, 5.41) is 3.08. The Morgan fingerprint density at radius 2 is 1.84 bits per heavy atom. The van der Waals surface area contributed by atoms with Crippen molar-refractivity contribution in [2.24, 2.45) is 5.92 Å². The van der Waals surface area contributed by atoms with E-state index in [1.165, 1.54) is 0 Å². The molecule has 0 aliphatic carbocycles. The van der Waals surface area contributed by atoms with Crippen LogP contribution >= 0.6 is 0 Å². The van der Waals surface area contributed by atoms with Crippen LogP contribution in [0.15, 0.2) is 71.3 Å². The first-order valence-electron chi connectivity index (χ1n) is 11.0. The third kappa shape index (κ3) is 4.41. The van der Waals surface area contributed by atoms with Crippen LogP contribution in [-0.4, -0.2) is 33.9 Å². The molecule has 2 aromatic carbocycles. The van der Waals surface area contributed by atoms with Crippen LogP contribution in [0.5, 0.6) is 0 Å². The molecule has 0 spiro atoms. The fourth-order valence-electron chi connectivity index (χ4n) is 4.30. The molecule has 1 amide bonds. The Balaban J connectivity index is 1.23. The number of carbonyl (C=O) groups is 1. The molecule has 1 unspecified atom stereocenters. The predicted molar refractivity (Wildman–Crippen MR) is 125 cm³/mol. The van der Waals surface area contributed by atoms with Crippen molar-refractivity contribution >= 4 is 22.6 Å². The standard InChI is InChI=1S/C26H26N4O2/c1-18-24(29-23-8-3-2-7-22(23)27-18)17-30-14-4-6-20(16-30)26(31)28-21-12-10-19(11-13-21)25-9-5-15-32-25/h2-3,5,7-13,15,20H,4,6,14,16-17H2,1H3,(H,28,31). The molecule has 1 aliphatic rings. The predicted octanol–water partition coefficient (Wildman–Crippen LogP) is 5.05. The van der Waals surface area contributed by atoms with Gasteiger partial charge in [0.05, 0.1) is 34.6 Å². The minimum absolute atomic E-state index is 0.0396. The molecule has 1 aliphatic heterocycles. The molecule has 1 atom stereocenters. The van der Waals surface area contributed by atoms with Gasteiger partial charge in [0, 0.05) is 24.3 Å². The van der Waals surface area contributed by atoms with Gasteiger partial charge in [0.25, 0.3) is 0 Å². The van der Waals surface area contributed by atoms with E-state index in [4.69, 9.17) is 14.4 Å². The molecule has 1 N–H and O–H groups in total. The Kier molecular flexibility index (Phi) is 5.69. The lowest BCUT2D eigenvalue weighted by Crippen LogP contribution is -2.40. The zero-order valence-electron chi connectivity index (χ0n) is 18.1. The molecule has 0 saturated carbocycles. The van der Waals surface area contributed by atoms with Gasteiger partial charge in [-0.25, -0.2) is 9.97 Å². The fourth-order valence-corrected chi connectivity index (χ4v) is 4.30. The number of fused-ring (bicyclic) bond motifs is 1. The van der Waals surface area contributed by atoms with Gasteiger partial charge in [-0.3, -0.25) is 9.69 Å². The quantitative estimate of drug-likeness (QED) is 0.484. The van der Waals surface area contributed by atoms with E-state index in [2.05, 4.69) is 10.2 Å². The number of furan rings is 1. The highest BCUT2D eigenvalue weighted by Crippen LogP contribution is 2.24. The highest BCUT2D eigenvalue weighted by atomic mass is 16.3. The smallest absolute Gasteiger partial charge is 0.228 e. The SMILES string of the molecule is Cc1nc2ccccc2nc1CN1CCCC(C(=O)Nc2ccc(-c3ccco3)cc2)C1. The second kappa shape index (κ2) is 8.93. The average molecular weight is 427 g/mol. The first kappa shape index (κ1) is 20.4. The molecular weight excluding hydrogens is 400 g/mol. The van der Waals surface area contributed by atoms with Crippen LogP contribution in [-0.2, 0) is 11.3 Å². The minimum Gasteiger partial charge on any atom is -0.464 e. The molecule has 0 radical (unpaired) electrons. The molecule has 5 rings (SSSR count). The lowest BCUT2D eigenvalue weighted by molar-refractivity contribution is -0.121. The Morgan fingerprint density at radius 1 is 1.06 bits per heavy atom. The Labute approximate surface area is 187 Å². The van der Waals surface area contributed by atoms with Crippen molar-refractivity contribution in [2.75, 3.05) is 18.4 Å². The fraction of sp³-hybridized carbons (Fsp3) is 0.269. The summed E-state index contributed by atoms with van der Waals surface area (Å²) in [5.41, 5.74) is 5.56. The number of benzene rings is 2. The Morgan fingerprint density at radius 3 is 2.59 bits per heavy atom. The number of amides is 1. The van der Waals surface area contributed by atoms with E-state index in [1.54, 1.807) is 6.26 Å². The number of hydrogen-bond donors (Lipinski definition) is 1. The summed E-state index contributed by atoms with van der Waals surface area (Å²) in [4.78, 5) is 24.8. The number of nitrogens with zero attached hydrogens (tertiary/aromatic N) is 3. The number of likely N-dealkylation sites (tertiary alicyclic amines) is 1. The van der Waals surface area contributed by atoms with Crippen LogP contribution in [0.3, 0.4) is 0 Å². The largest absolute Gasteiger partial charge is 0.464 e. The van der Waals surface area contributed by atoms with Crippen molar-refractivity contribution < 1.29 is 9.21 Å². The van der Waals surface area contributed by atoms with Crippen molar-refractivity contribution in [3.8, 4) is 11.3 Å². The van der Waals surface area contributed by atoms with Crippen LogP contribution in [0.4, 0.5) is 5.69 Å². The van der Waals surface area contributed by atoms with Crippen molar-refractivity contribution in [1.82, 2.24) is 14.9 Å². The summed E-state index contributed by atoms with van der Waals surface area (Å²) < 4.78 is 5.43. The van der Waals surface area contributed by atoms with Gasteiger partial charge in [-0.1, -0.05) is 12.1 Å². The van der Waals surface area contributed by atoms with Crippen molar-refractivity contribution in [1.29, 1.82) is 0 Å². The van der Waals surface area contributed by atoms with Crippen molar-refractivity contribution in [3.63, 3.8) is 0 Å². The summed E-state index contributed by atoms with van der Waals surface area (Å²) in [6.45, 7) is 4.42. The van der Waals surface area contributed by atoms with E-state index < -0.39 is 0 Å². The Bertz CT molecular complexity index is 1220. The summed E-state index contributed by atoms with van der Waals surface area (Å²) >= 11 is 0. The molecule has 6 heteroatoms. The molecular formula is C26H26N4O2. The highest BCUT2D eigenvalue weighted by molar-refractivity contribution is 5.93. The molecule has 32 heavy (non-hydrogen) atoms. The van der Waals surface area contributed by atoms with Crippen LogP contribution in [0, 0.1) is 12.8 Å². The minimum atomic E-state index is -0.0396. The molecule has 0 bridgehead atoms. The van der Waals surface area contributed by atoms with Crippen molar-refractivity contribution in [3.05, 3.63) is 78.3 Å². The number of aromatic nitrogens is 2. The average Bonchev–Trinajstić information content (AvgIpc) is 3.35. The van der Waals surface area contributed by atoms with Gasteiger partial charge in [-0.15, -0.1) is 0 Å². The van der Waals surface area contributed by atoms with Gasteiger partial charge in [-0.05, 0) is 74.8 Å². The number of nitrogens with one attached hydrogen (secondary N) is 1. The third-order valence-corrected chi connectivity index (χ3v) is 6.05. The van der Waals surface area contributed by atoms with E-state index in [-0.39, 0.29) is 11.8 Å². The van der Waals surface area contributed by atoms with Gasteiger partial charge in [0.15, 0.2) is 0 Å². The first-order valence-corrected chi connectivity index (χ1v) is 11.0. The number of hydrogen-bond acceptors (Lipinski definition) is 5. The molecule has 4 aromatic rings. The summed E-state index contributed by atoms with van der Waals surface area (Å²) in [6.07, 6.45) is 3.55. The van der Waals surface area contributed by atoms with E-state index in [0.717, 1.165) is 65.4 Å². The van der Waals surface area contributed by atoms with Gasteiger partial charge < -0.3 is 9.73 Å². The van der Waals surface area contributed by atoms with E-state index >= 15 is 0 Å². The maximum Gasteiger partial charge on any atom is 0.228 e. The zero-order valence-corrected chi connectivity index (χ0v) is 18.1. The lowest BCUT2D eigenvalue weighted by Gasteiger charge is -2.32. The second-order valence-electron chi connectivity index (χ2n) is 8.36. The third-order valence-electron chi connectivity index (χ3n) is 6.05. The first-order chi connectivity index (χ1) is 15.7. The highest BCUT2D eigenvalue weighted by Gasteiger charge is 2.26. The molecule has 162 valence electrons. The number of para-hydroxylation sites is 2. The normalized spacial score (nSPS) is 16.8. The van der Waals surface area contributed by atoms with Crippen LogP contribution in [0.25, 0.3) is 22.4 Å². The topological polar surface area (TPSA) is 71.3 Å². The van der Waals surface area contributed by atoms with Gasteiger partial charge in [-0.2, -0.15) is 0 Å². The summed E-state index contributed by atoms with van der Waals surface area (Å²) in [6, 6.07) is 19.5. The Hall–Kier alpha value is -3.51. The van der Waals surface area contributed by atoms with Crippen molar-refractivity contribution in [2.45, 2.75) is 26.3 Å². The number of aryl methyl sites for hydroxylation is 1. The number of anilines is 1. The zero-order chi connectivity index (χ0) is 21.9. The summed E-state index contributed by atoms with van der Waals surface area (Å²) in [5.74, 6) is 0.849. The maximum atomic E-state index is 12.9.